The van der Waals surface area contributed by atoms with Gasteiger partial charge in [-0.1, -0.05) is 11.2 Å². The second kappa shape index (κ2) is 4.62. The Morgan fingerprint density at radius 1 is 1.23 bits per heavy atom. The highest BCUT2D eigenvalue weighted by Gasteiger charge is 2.01. The summed E-state index contributed by atoms with van der Waals surface area (Å²) in [6.45, 7) is 0.810. The molecule has 0 aliphatic heterocycles. The molecular formula is C9H9ClN2O. The van der Waals surface area contributed by atoms with Gasteiger partial charge in [-0.25, -0.2) is 4.57 Å². The minimum Gasteiger partial charge on any atom is -1.00 e. The Balaban J connectivity index is 0.000000845. The number of halogens is 1. The summed E-state index contributed by atoms with van der Waals surface area (Å²) in [6.07, 6.45) is 7.39. The van der Waals surface area contributed by atoms with Gasteiger partial charge in [0.05, 0.1) is 11.8 Å². The van der Waals surface area contributed by atoms with Gasteiger partial charge in [0.2, 0.25) is 0 Å². The predicted octanol–water partition coefficient (Wildman–Crippen LogP) is -1.99. The molecule has 0 aliphatic rings. The highest BCUT2D eigenvalue weighted by Crippen LogP contribution is 1.94. The van der Waals surface area contributed by atoms with E-state index in [1.54, 1.807) is 12.5 Å². The molecule has 0 spiro atoms. The third-order valence-corrected chi connectivity index (χ3v) is 1.63. The lowest BCUT2D eigenvalue weighted by atomic mass is 10.3. The SMILES string of the molecule is [Cl-].c1cc[n+](Cc2cnoc2)cc1. The zero-order chi connectivity index (χ0) is 8.23. The van der Waals surface area contributed by atoms with Gasteiger partial charge in [-0.15, -0.1) is 0 Å². The van der Waals surface area contributed by atoms with Gasteiger partial charge in [-0.05, 0) is 0 Å². The average Bonchev–Trinajstić information content (AvgIpc) is 2.59. The van der Waals surface area contributed by atoms with Gasteiger partial charge in [0.15, 0.2) is 18.9 Å². The van der Waals surface area contributed by atoms with E-state index in [0.717, 1.165) is 12.1 Å². The van der Waals surface area contributed by atoms with Crippen molar-refractivity contribution in [2.75, 3.05) is 0 Å². The van der Waals surface area contributed by atoms with E-state index in [9.17, 15) is 0 Å². The number of hydrogen-bond acceptors (Lipinski definition) is 2. The first-order chi connectivity index (χ1) is 5.95. The number of nitrogens with zero attached hydrogens (tertiary/aromatic N) is 2. The van der Waals surface area contributed by atoms with Crippen molar-refractivity contribution in [2.24, 2.45) is 0 Å². The molecule has 0 amide bonds. The van der Waals surface area contributed by atoms with Gasteiger partial charge in [-0.2, -0.15) is 0 Å². The summed E-state index contributed by atoms with van der Waals surface area (Å²) >= 11 is 0. The van der Waals surface area contributed by atoms with Crippen LogP contribution in [0.25, 0.3) is 0 Å². The van der Waals surface area contributed by atoms with Crippen LogP contribution in [0.3, 0.4) is 0 Å². The van der Waals surface area contributed by atoms with Gasteiger partial charge in [0.25, 0.3) is 0 Å². The fourth-order valence-corrected chi connectivity index (χ4v) is 1.06. The van der Waals surface area contributed by atoms with Crippen LogP contribution >= 0.6 is 0 Å². The largest absolute Gasteiger partial charge is 1.00 e. The number of aromatic nitrogens is 2. The fourth-order valence-electron chi connectivity index (χ4n) is 1.06. The van der Waals surface area contributed by atoms with Crippen LogP contribution in [0.5, 0.6) is 0 Å². The van der Waals surface area contributed by atoms with E-state index in [4.69, 9.17) is 4.52 Å². The summed E-state index contributed by atoms with van der Waals surface area (Å²) in [7, 11) is 0. The maximum atomic E-state index is 4.72. The van der Waals surface area contributed by atoms with Crippen molar-refractivity contribution in [1.82, 2.24) is 5.16 Å². The summed E-state index contributed by atoms with van der Waals surface area (Å²) in [5.41, 5.74) is 1.08. The van der Waals surface area contributed by atoms with E-state index in [2.05, 4.69) is 9.72 Å². The standard InChI is InChI=1S/C9H9N2O.ClH/c1-2-4-11(5-3-1)7-9-6-10-12-8-9;/h1-6,8H,7H2;1H/q+1;/p-1. The van der Waals surface area contributed by atoms with Gasteiger partial charge in [0, 0.05) is 12.1 Å². The molecule has 0 N–H and O–H groups in total. The zero-order valence-corrected chi connectivity index (χ0v) is 7.69. The monoisotopic (exact) mass is 196 g/mol. The van der Waals surface area contributed by atoms with Crippen molar-refractivity contribution >= 4 is 0 Å². The molecule has 0 aromatic carbocycles. The van der Waals surface area contributed by atoms with Crippen molar-refractivity contribution in [1.29, 1.82) is 0 Å². The summed E-state index contributed by atoms with van der Waals surface area (Å²) in [5, 5.41) is 3.63. The summed E-state index contributed by atoms with van der Waals surface area (Å²) in [5.74, 6) is 0. The lowest BCUT2D eigenvalue weighted by Crippen LogP contribution is -3.00. The van der Waals surface area contributed by atoms with Crippen molar-refractivity contribution in [2.45, 2.75) is 6.54 Å². The molecule has 2 aromatic heterocycles. The molecule has 0 saturated carbocycles. The minimum absolute atomic E-state index is 0. The van der Waals surface area contributed by atoms with Crippen LogP contribution < -0.4 is 17.0 Å². The summed E-state index contributed by atoms with van der Waals surface area (Å²) in [4.78, 5) is 0. The quantitative estimate of drug-likeness (QED) is 0.521. The second-order valence-electron chi connectivity index (χ2n) is 2.58. The van der Waals surface area contributed by atoms with E-state index in [0.29, 0.717) is 0 Å². The molecule has 0 radical (unpaired) electrons. The molecule has 2 heterocycles. The van der Waals surface area contributed by atoms with Crippen LogP contribution in [0.1, 0.15) is 5.56 Å². The van der Waals surface area contributed by atoms with E-state index in [1.807, 2.05) is 30.6 Å². The molecule has 0 saturated heterocycles. The molecule has 4 heteroatoms. The fraction of sp³-hybridized carbons (Fsp3) is 0.111. The number of pyridine rings is 1. The molecule has 0 fully saturated rings. The molecule has 2 rings (SSSR count). The molecule has 68 valence electrons. The molecule has 2 aromatic rings. The Labute approximate surface area is 82.4 Å². The number of hydrogen-bond donors (Lipinski definition) is 0. The van der Waals surface area contributed by atoms with Crippen LogP contribution in [-0.4, -0.2) is 5.16 Å². The summed E-state index contributed by atoms with van der Waals surface area (Å²) in [6, 6.07) is 5.98. The average molecular weight is 197 g/mol. The highest BCUT2D eigenvalue weighted by molar-refractivity contribution is 4.97. The van der Waals surface area contributed by atoms with Crippen molar-refractivity contribution in [3.05, 3.63) is 48.6 Å². The Hall–Kier alpha value is -1.35. The van der Waals surface area contributed by atoms with Crippen LogP contribution in [0.4, 0.5) is 0 Å². The van der Waals surface area contributed by atoms with Crippen molar-refractivity contribution in [3.8, 4) is 0 Å². The zero-order valence-electron chi connectivity index (χ0n) is 6.93. The van der Waals surface area contributed by atoms with Crippen LogP contribution in [0, 0.1) is 0 Å². The molecule has 0 atom stereocenters. The van der Waals surface area contributed by atoms with Crippen molar-refractivity contribution in [3.63, 3.8) is 0 Å². The molecule has 0 aliphatic carbocycles. The van der Waals surface area contributed by atoms with E-state index >= 15 is 0 Å². The third-order valence-electron chi connectivity index (χ3n) is 1.63. The maximum absolute atomic E-state index is 4.72. The molecule has 0 unspecified atom stereocenters. The van der Waals surface area contributed by atoms with Crippen molar-refractivity contribution < 1.29 is 21.5 Å². The van der Waals surface area contributed by atoms with Gasteiger partial charge >= 0.3 is 0 Å². The van der Waals surface area contributed by atoms with Gasteiger partial charge in [-0.3, -0.25) is 0 Å². The normalized spacial score (nSPS) is 9.23. The first kappa shape index (κ1) is 9.74. The summed E-state index contributed by atoms with van der Waals surface area (Å²) < 4.78 is 6.79. The highest BCUT2D eigenvalue weighted by atomic mass is 35.5. The minimum atomic E-state index is 0. The van der Waals surface area contributed by atoms with E-state index < -0.39 is 0 Å². The molecule has 3 nitrogen and oxygen atoms in total. The Kier molecular flexibility index (Phi) is 3.46. The first-order valence-corrected chi connectivity index (χ1v) is 3.77. The Bertz CT molecular complexity index is 334. The lowest BCUT2D eigenvalue weighted by Gasteiger charge is -1.89. The molecule has 0 bridgehead atoms. The molecule has 13 heavy (non-hydrogen) atoms. The molecular weight excluding hydrogens is 188 g/mol. The van der Waals surface area contributed by atoms with E-state index in [-0.39, 0.29) is 12.4 Å². The second-order valence-corrected chi connectivity index (χ2v) is 2.58. The smallest absolute Gasteiger partial charge is 0.178 e. The third kappa shape index (κ3) is 2.56. The van der Waals surface area contributed by atoms with Gasteiger partial charge in [0.1, 0.15) is 6.26 Å². The topological polar surface area (TPSA) is 29.9 Å². The predicted molar refractivity (Wildman–Crippen MR) is 42.2 cm³/mol. The first-order valence-electron chi connectivity index (χ1n) is 3.77. The van der Waals surface area contributed by atoms with Crippen LogP contribution in [0.15, 0.2) is 47.6 Å². The number of rotatable bonds is 2. The Morgan fingerprint density at radius 2 is 2.00 bits per heavy atom. The van der Waals surface area contributed by atoms with Crippen LogP contribution in [-0.2, 0) is 6.54 Å². The Morgan fingerprint density at radius 3 is 2.62 bits per heavy atom. The van der Waals surface area contributed by atoms with Crippen LogP contribution in [0.2, 0.25) is 0 Å². The van der Waals surface area contributed by atoms with Gasteiger partial charge < -0.3 is 16.9 Å². The van der Waals surface area contributed by atoms with E-state index in [1.165, 1.54) is 0 Å². The maximum Gasteiger partial charge on any atom is 0.178 e. The lowest BCUT2D eigenvalue weighted by molar-refractivity contribution is -0.688.